The van der Waals surface area contributed by atoms with Crippen LogP contribution in [0.4, 0.5) is 0 Å². The number of aryl methyl sites for hydroxylation is 1. The third kappa shape index (κ3) is 3.69. The van der Waals surface area contributed by atoms with Crippen LogP contribution in [0.3, 0.4) is 0 Å². The summed E-state index contributed by atoms with van der Waals surface area (Å²) >= 11 is 0. The van der Waals surface area contributed by atoms with E-state index in [1.807, 2.05) is 19.1 Å². The number of carbonyl (C=O) groups excluding carboxylic acids is 1. The van der Waals surface area contributed by atoms with Crippen molar-refractivity contribution in [2.24, 2.45) is 0 Å². The van der Waals surface area contributed by atoms with Gasteiger partial charge in [0.15, 0.2) is 0 Å². The normalized spacial score (nSPS) is 12.2. The number of carbonyl (C=O) groups is 1. The predicted octanol–water partition coefficient (Wildman–Crippen LogP) is 0.0780. The van der Waals surface area contributed by atoms with Crippen molar-refractivity contribution in [2.75, 3.05) is 13.2 Å². The molecule has 0 aliphatic carbocycles. The van der Waals surface area contributed by atoms with Gasteiger partial charge in [0, 0.05) is 12.1 Å². The van der Waals surface area contributed by atoms with Gasteiger partial charge in [-0.2, -0.15) is 0 Å². The van der Waals surface area contributed by atoms with E-state index in [0.717, 1.165) is 5.56 Å². The monoisotopic (exact) mass is 209 g/mol. The SMILES string of the molecule is Cc1ccc(C(=O)NCC(O)CO)cc1. The molecular formula is C11H15NO3. The lowest BCUT2D eigenvalue weighted by molar-refractivity contribution is 0.0802. The van der Waals surface area contributed by atoms with Crippen LogP contribution in [0.5, 0.6) is 0 Å². The zero-order chi connectivity index (χ0) is 11.3. The lowest BCUT2D eigenvalue weighted by Gasteiger charge is -2.08. The van der Waals surface area contributed by atoms with Crippen LogP contribution < -0.4 is 5.32 Å². The molecule has 82 valence electrons. The van der Waals surface area contributed by atoms with Crippen molar-refractivity contribution < 1.29 is 15.0 Å². The van der Waals surface area contributed by atoms with E-state index >= 15 is 0 Å². The number of amides is 1. The molecule has 0 fully saturated rings. The van der Waals surface area contributed by atoms with E-state index in [4.69, 9.17) is 10.2 Å². The Hall–Kier alpha value is -1.39. The minimum absolute atomic E-state index is 0.0587. The van der Waals surface area contributed by atoms with Crippen LogP contribution in [0.25, 0.3) is 0 Å². The van der Waals surface area contributed by atoms with Gasteiger partial charge in [-0.25, -0.2) is 0 Å². The van der Waals surface area contributed by atoms with E-state index in [9.17, 15) is 4.79 Å². The van der Waals surface area contributed by atoms with E-state index in [0.29, 0.717) is 5.56 Å². The van der Waals surface area contributed by atoms with Gasteiger partial charge < -0.3 is 15.5 Å². The molecule has 1 amide bonds. The first-order valence-corrected chi connectivity index (χ1v) is 4.77. The summed E-state index contributed by atoms with van der Waals surface area (Å²) in [6, 6.07) is 7.13. The standard InChI is InChI=1S/C11H15NO3/c1-8-2-4-9(5-3-8)11(15)12-6-10(14)7-13/h2-5,10,13-14H,6-7H2,1H3,(H,12,15). The lowest BCUT2D eigenvalue weighted by atomic mass is 10.1. The van der Waals surface area contributed by atoms with Crippen molar-refractivity contribution in [3.05, 3.63) is 35.4 Å². The molecule has 1 unspecified atom stereocenters. The smallest absolute Gasteiger partial charge is 0.251 e. The van der Waals surface area contributed by atoms with E-state index < -0.39 is 6.10 Å². The fourth-order valence-electron chi connectivity index (χ4n) is 1.08. The first kappa shape index (κ1) is 11.7. The maximum Gasteiger partial charge on any atom is 0.251 e. The predicted molar refractivity (Wildman–Crippen MR) is 56.6 cm³/mol. The number of aliphatic hydroxyl groups excluding tert-OH is 2. The molecule has 1 atom stereocenters. The highest BCUT2D eigenvalue weighted by Gasteiger charge is 2.07. The molecule has 0 saturated carbocycles. The molecule has 1 aromatic rings. The van der Waals surface area contributed by atoms with Gasteiger partial charge in [0.2, 0.25) is 0 Å². The second-order valence-electron chi connectivity index (χ2n) is 3.41. The molecule has 0 aliphatic rings. The molecule has 0 radical (unpaired) electrons. The molecule has 4 heteroatoms. The number of nitrogens with one attached hydrogen (secondary N) is 1. The fraction of sp³-hybridized carbons (Fsp3) is 0.364. The van der Waals surface area contributed by atoms with Crippen molar-refractivity contribution in [2.45, 2.75) is 13.0 Å². The highest BCUT2D eigenvalue weighted by Crippen LogP contribution is 2.02. The van der Waals surface area contributed by atoms with Crippen molar-refractivity contribution in [3.8, 4) is 0 Å². The second-order valence-corrected chi connectivity index (χ2v) is 3.41. The average Bonchev–Trinajstić information content (AvgIpc) is 2.26. The molecule has 15 heavy (non-hydrogen) atoms. The zero-order valence-corrected chi connectivity index (χ0v) is 8.60. The van der Waals surface area contributed by atoms with E-state index in [1.165, 1.54) is 0 Å². The third-order valence-corrected chi connectivity index (χ3v) is 2.02. The Bertz CT molecular complexity index is 321. The van der Waals surface area contributed by atoms with E-state index in [2.05, 4.69) is 5.32 Å². The number of aliphatic hydroxyl groups is 2. The summed E-state index contributed by atoms with van der Waals surface area (Å²) < 4.78 is 0. The fourth-order valence-corrected chi connectivity index (χ4v) is 1.08. The molecule has 0 aromatic heterocycles. The highest BCUT2D eigenvalue weighted by atomic mass is 16.3. The van der Waals surface area contributed by atoms with Gasteiger partial charge in [0.25, 0.3) is 5.91 Å². The molecule has 0 heterocycles. The minimum atomic E-state index is -0.903. The molecule has 0 aliphatic heterocycles. The van der Waals surface area contributed by atoms with Crippen LogP contribution in [-0.4, -0.2) is 35.4 Å². The largest absolute Gasteiger partial charge is 0.394 e. The summed E-state index contributed by atoms with van der Waals surface area (Å²) in [7, 11) is 0. The summed E-state index contributed by atoms with van der Waals surface area (Å²) in [6.07, 6.45) is -0.903. The molecule has 1 rings (SSSR count). The molecule has 0 spiro atoms. The number of hydrogen-bond acceptors (Lipinski definition) is 3. The number of rotatable bonds is 4. The van der Waals surface area contributed by atoms with Gasteiger partial charge in [-0.15, -0.1) is 0 Å². The van der Waals surface area contributed by atoms with Crippen LogP contribution in [-0.2, 0) is 0 Å². The van der Waals surface area contributed by atoms with Crippen LogP contribution in [0.1, 0.15) is 15.9 Å². The van der Waals surface area contributed by atoms with E-state index in [-0.39, 0.29) is 19.1 Å². The van der Waals surface area contributed by atoms with Crippen molar-refractivity contribution in [1.82, 2.24) is 5.32 Å². The number of hydrogen-bond donors (Lipinski definition) is 3. The summed E-state index contributed by atoms with van der Waals surface area (Å²) in [5.74, 6) is -0.248. The molecular weight excluding hydrogens is 194 g/mol. The van der Waals surface area contributed by atoms with E-state index in [1.54, 1.807) is 12.1 Å². The Morgan fingerprint density at radius 1 is 1.40 bits per heavy atom. The molecule has 0 bridgehead atoms. The number of benzene rings is 1. The Morgan fingerprint density at radius 3 is 2.53 bits per heavy atom. The first-order valence-electron chi connectivity index (χ1n) is 4.77. The lowest BCUT2D eigenvalue weighted by Crippen LogP contribution is -2.33. The Morgan fingerprint density at radius 2 is 2.00 bits per heavy atom. The Balaban J connectivity index is 2.50. The first-order chi connectivity index (χ1) is 7.13. The quantitative estimate of drug-likeness (QED) is 0.657. The molecule has 3 N–H and O–H groups in total. The molecule has 0 saturated heterocycles. The zero-order valence-electron chi connectivity index (χ0n) is 8.60. The van der Waals surface area contributed by atoms with Crippen LogP contribution in [0, 0.1) is 6.92 Å². The Kier molecular flexibility index (Phi) is 4.27. The van der Waals surface area contributed by atoms with Crippen LogP contribution in [0.2, 0.25) is 0 Å². The summed E-state index contributed by atoms with van der Waals surface area (Å²) in [6.45, 7) is 1.65. The van der Waals surface area contributed by atoms with Gasteiger partial charge in [0.1, 0.15) is 0 Å². The van der Waals surface area contributed by atoms with Crippen molar-refractivity contribution in [1.29, 1.82) is 0 Å². The van der Waals surface area contributed by atoms with Gasteiger partial charge in [-0.1, -0.05) is 17.7 Å². The Labute approximate surface area is 88.6 Å². The van der Waals surface area contributed by atoms with Crippen LogP contribution in [0.15, 0.2) is 24.3 Å². The molecule has 4 nitrogen and oxygen atoms in total. The molecule has 1 aromatic carbocycles. The summed E-state index contributed by atoms with van der Waals surface area (Å²) in [5, 5.41) is 20.1. The maximum atomic E-state index is 11.5. The minimum Gasteiger partial charge on any atom is -0.394 e. The maximum absolute atomic E-state index is 11.5. The summed E-state index contributed by atoms with van der Waals surface area (Å²) in [5.41, 5.74) is 1.63. The topological polar surface area (TPSA) is 69.6 Å². The third-order valence-electron chi connectivity index (χ3n) is 2.02. The van der Waals surface area contributed by atoms with Crippen molar-refractivity contribution >= 4 is 5.91 Å². The van der Waals surface area contributed by atoms with Crippen molar-refractivity contribution in [3.63, 3.8) is 0 Å². The highest BCUT2D eigenvalue weighted by molar-refractivity contribution is 5.94. The van der Waals surface area contributed by atoms with Gasteiger partial charge in [-0.05, 0) is 19.1 Å². The van der Waals surface area contributed by atoms with Gasteiger partial charge in [0.05, 0.1) is 12.7 Å². The van der Waals surface area contributed by atoms with Gasteiger partial charge >= 0.3 is 0 Å². The van der Waals surface area contributed by atoms with Gasteiger partial charge in [-0.3, -0.25) is 4.79 Å². The average molecular weight is 209 g/mol. The van der Waals surface area contributed by atoms with Crippen LogP contribution >= 0.6 is 0 Å². The summed E-state index contributed by atoms with van der Waals surface area (Å²) in [4.78, 5) is 11.5. The second kappa shape index (κ2) is 5.48.